The van der Waals surface area contributed by atoms with Crippen LogP contribution in [0.4, 0.5) is 5.69 Å². The molecule has 0 aliphatic heterocycles. The molecule has 0 amide bonds. The SMILES string of the molecule is CS(=O)(=O)c1ccc(-c2nc3cc(N)ccc3o2)cc1. The van der Waals surface area contributed by atoms with Gasteiger partial charge in [-0.1, -0.05) is 0 Å². The second-order valence-corrected chi connectivity index (χ2v) is 6.56. The second-order valence-electron chi connectivity index (χ2n) is 4.54. The summed E-state index contributed by atoms with van der Waals surface area (Å²) in [4.78, 5) is 4.60. The number of nitrogens with zero attached hydrogens (tertiary/aromatic N) is 1. The molecule has 3 aromatic rings. The first-order valence-electron chi connectivity index (χ1n) is 5.90. The van der Waals surface area contributed by atoms with Crippen LogP contribution in [0.1, 0.15) is 0 Å². The van der Waals surface area contributed by atoms with Gasteiger partial charge in [0.2, 0.25) is 5.89 Å². The minimum atomic E-state index is -3.20. The van der Waals surface area contributed by atoms with Gasteiger partial charge in [-0.2, -0.15) is 0 Å². The van der Waals surface area contributed by atoms with Crippen molar-refractivity contribution in [2.75, 3.05) is 12.0 Å². The van der Waals surface area contributed by atoms with E-state index in [9.17, 15) is 8.42 Å². The number of hydrogen-bond donors (Lipinski definition) is 1. The number of nitrogens with two attached hydrogens (primary N) is 1. The molecule has 2 N–H and O–H groups in total. The molecule has 5 nitrogen and oxygen atoms in total. The molecule has 0 radical (unpaired) electrons. The lowest BCUT2D eigenvalue weighted by atomic mass is 10.2. The van der Waals surface area contributed by atoms with Crippen molar-refractivity contribution < 1.29 is 12.8 Å². The predicted octanol–water partition coefficient (Wildman–Crippen LogP) is 2.48. The largest absolute Gasteiger partial charge is 0.436 e. The fraction of sp³-hybridized carbons (Fsp3) is 0.0714. The maximum Gasteiger partial charge on any atom is 0.227 e. The fourth-order valence-corrected chi connectivity index (χ4v) is 2.54. The van der Waals surface area contributed by atoms with Crippen molar-refractivity contribution in [2.24, 2.45) is 0 Å². The number of oxazole rings is 1. The van der Waals surface area contributed by atoms with Crippen LogP contribution < -0.4 is 5.73 Å². The van der Waals surface area contributed by atoms with Gasteiger partial charge in [-0.25, -0.2) is 13.4 Å². The molecular formula is C14H12N2O3S. The van der Waals surface area contributed by atoms with E-state index in [1.165, 1.54) is 18.4 Å². The normalized spacial score (nSPS) is 11.8. The van der Waals surface area contributed by atoms with Crippen LogP contribution in [0.2, 0.25) is 0 Å². The first-order chi connectivity index (χ1) is 9.43. The molecule has 1 heterocycles. The first kappa shape index (κ1) is 12.7. The van der Waals surface area contributed by atoms with E-state index in [1.54, 1.807) is 30.3 Å². The molecular weight excluding hydrogens is 276 g/mol. The lowest BCUT2D eigenvalue weighted by Gasteiger charge is -1.99. The molecule has 102 valence electrons. The third-order valence-corrected chi connectivity index (χ3v) is 4.07. The highest BCUT2D eigenvalue weighted by atomic mass is 32.2. The molecule has 0 aliphatic rings. The molecule has 1 aromatic heterocycles. The van der Waals surface area contributed by atoms with E-state index < -0.39 is 9.84 Å². The Morgan fingerprint density at radius 1 is 1.10 bits per heavy atom. The molecule has 2 aromatic carbocycles. The zero-order valence-corrected chi connectivity index (χ0v) is 11.5. The Balaban J connectivity index is 2.07. The Hall–Kier alpha value is -2.34. The maximum atomic E-state index is 11.4. The van der Waals surface area contributed by atoms with Gasteiger partial charge >= 0.3 is 0 Å². The van der Waals surface area contributed by atoms with E-state index >= 15 is 0 Å². The smallest absolute Gasteiger partial charge is 0.227 e. The van der Waals surface area contributed by atoms with Gasteiger partial charge in [-0.05, 0) is 42.5 Å². The third kappa shape index (κ3) is 2.25. The molecule has 0 aliphatic carbocycles. The minimum absolute atomic E-state index is 0.265. The lowest BCUT2D eigenvalue weighted by molar-refractivity contribution is 0.601. The predicted molar refractivity (Wildman–Crippen MR) is 77.0 cm³/mol. The van der Waals surface area contributed by atoms with Crippen molar-refractivity contribution in [3.8, 4) is 11.5 Å². The van der Waals surface area contributed by atoms with E-state index in [0.29, 0.717) is 28.2 Å². The molecule has 0 atom stereocenters. The molecule has 6 heteroatoms. The van der Waals surface area contributed by atoms with E-state index in [-0.39, 0.29) is 4.90 Å². The average Bonchev–Trinajstić information content (AvgIpc) is 2.80. The van der Waals surface area contributed by atoms with Crippen molar-refractivity contribution in [3.05, 3.63) is 42.5 Å². The fourth-order valence-electron chi connectivity index (χ4n) is 1.91. The van der Waals surface area contributed by atoms with E-state index in [1.807, 2.05) is 0 Å². The molecule has 20 heavy (non-hydrogen) atoms. The first-order valence-corrected chi connectivity index (χ1v) is 7.79. The number of hydrogen-bond acceptors (Lipinski definition) is 5. The number of nitrogen functional groups attached to an aromatic ring is 1. The number of aromatic nitrogens is 1. The maximum absolute atomic E-state index is 11.4. The average molecular weight is 288 g/mol. The summed E-state index contributed by atoms with van der Waals surface area (Å²) in [5.74, 6) is 0.436. The van der Waals surface area contributed by atoms with Gasteiger partial charge in [0.25, 0.3) is 0 Å². The van der Waals surface area contributed by atoms with Crippen LogP contribution in [0.3, 0.4) is 0 Å². The quantitative estimate of drug-likeness (QED) is 0.732. The van der Waals surface area contributed by atoms with Crippen molar-refractivity contribution in [1.82, 2.24) is 4.98 Å². The molecule has 0 bridgehead atoms. The number of anilines is 1. The minimum Gasteiger partial charge on any atom is -0.436 e. The second kappa shape index (κ2) is 4.35. The summed E-state index contributed by atoms with van der Waals surface area (Å²) in [6, 6.07) is 11.6. The highest BCUT2D eigenvalue weighted by Gasteiger charge is 2.11. The van der Waals surface area contributed by atoms with Crippen molar-refractivity contribution in [3.63, 3.8) is 0 Å². The zero-order chi connectivity index (χ0) is 14.3. The van der Waals surface area contributed by atoms with Crippen LogP contribution in [0.5, 0.6) is 0 Å². The summed E-state index contributed by atoms with van der Waals surface area (Å²) in [5, 5.41) is 0. The summed E-state index contributed by atoms with van der Waals surface area (Å²) in [7, 11) is -3.20. The Labute approximate surface area is 116 Å². The Morgan fingerprint density at radius 2 is 1.80 bits per heavy atom. The standard InChI is InChI=1S/C14H12N2O3S/c1-20(17,18)11-5-2-9(3-6-11)14-16-12-8-10(15)4-7-13(12)19-14/h2-8H,15H2,1H3. The van der Waals surface area contributed by atoms with Gasteiger partial charge in [0.05, 0.1) is 4.90 Å². The Kier molecular flexibility index (Phi) is 2.76. The van der Waals surface area contributed by atoms with Crippen LogP contribution in [-0.4, -0.2) is 19.7 Å². The molecule has 0 saturated carbocycles. The lowest BCUT2D eigenvalue weighted by Crippen LogP contribution is -1.96. The monoisotopic (exact) mass is 288 g/mol. The number of benzene rings is 2. The van der Waals surface area contributed by atoms with Gasteiger partial charge in [0.15, 0.2) is 15.4 Å². The van der Waals surface area contributed by atoms with Crippen LogP contribution in [0, 0.1) is 0 Å². The van der Waals surface area contributed by atoms with Crippen LogP contribution >= 0.6 is 0 Å². The van der Waals surface area contributed by atoms with Crippen molar-refractivity contribution in [1.29, 1.82) is 0 Å². The van der Waals surface area contributed by atoms with Gasteiger partial charge in [0.1, 0.15) is 5.52 Å². The van der Waals surface area contributed by atoms with E-state index in [4.69, 9.17) is 10.2 Å². The molecule has 0 fully saturated rings. The number of fused-ring (bicyclic) bond motifs is 1. The Morgan fingerprint density at radius 3 is 2.45 bits per heavy atom. The van der Waals surface area contributed by atoms with Gasteiger partial charge in [-0.15, -0.1) is 0 Å². The molecule has 0 spiro atoms. The van der Waals surface area contributed by atoms with E-state index in [0.717, 1.165) is 0 Å². The van der Waals surface area contributed by atoms with Gasteiger partial charge < -0.3 is 10.2 Å². The molecule has 0 saturated heterocycles. The summed E-state index contributed by atoms with van der Waals surface area (Å²) in [6.45, 7) is 0. The van der Waals surface area contributed by atoms with Crippen LogP contribution in [-0.2, 0) is 9.84 Å². The van der Waals surface area contributed by atoms with Crippen molar-refractivity contribution in [2.45, 2.75) is 4.90 Å². The zero-order valence-electron chi connectivity index (χ0n) is 10.7. The highest BCUT2D eigenvalue weighted by Crippen LogP contribution is 2.26. The summed E-state index contributed by atoms with van der Waals surface area (Å²) in [5.41, 5.74) is 8.34. The third-order valence-electron chi connectivity index (χ3n) is 2.94. The number of rotatable bonds is 2. The Bertz CT molecular complexity index is 880. The number of sulfone groups is 1. The van der Waals surface area contributed by atoms with Gasteiger partial charge in [0, 0.05) is 17.5 Å². The van der Waals surface area contributed by atoms with Crippen LogP contribution in [0.15, 0.2) is 51.8 Å². The van der Waals surface area contributed by atoms with Crippen molar-refractivity contribution >= 4 is 26.6 Å². The topological polar surface area (TPSA) is 86.2 Å². The molecule has 3 rings (SSSR count). The summed E-state index contributed by atoms with van der Waals surface area (Å²) in [6.07, 6.45) is 1.17. The molecule has 0 unspecified atom stereocenters. The van der Waals surface area contributed by atoms with Crippen LogP contribution in [0.25, 0.3) is 22.6 Å². The highest BCUT2D eigenvalue weighted by molar-refractivity contribution is 7.90. The van der Waals surface area contributed by atoms with E-state index in [2.05, 4.69) is 4.98 Å². The summed E-state index contributed by atoms with van der Waals surface area (Å²) < 4.78 is 28.4. The summed E-state index contributed by atoms with van der Waals surface area (Å²) >= 11 is 0. The van der Waals surface area contributed by atoms with Gasteiger partial charge in [-0.3, -0.25) is 0 Å².